The second kappa shape index (κ2) is 9.86. The molecule has 0 spiro atoms. The first-order chi connectivity index (χ1) is 18.2. The SMILES string of the molecule is COc1ccc2[nH]c(=O)c([C@@H](c3nnnn3C(C)(C)C)N3CCN(c4ccc([N+](=O)[O-])cc4)CC3)cc2c1. The third-order valence-electron chi connectivity index (χ3n) is 6.85. The highest BCUT2D eigenvalue weighted by Crippen LogP contribution is 2.31. The lowest BCUT2D eigenvalue weighted by molar-refractivity contribution is -0.384. The molecule has 5 rings (SSSR count). The van der Waals surface area contributed by atoms with E-state index in [9.17, 15) is 14.9 Å². The van der Waals surface area contributed by atoms with Gasteiger partial charge >= 0.3 is 0 Å². The van der Waals surface area contributed by atoms with Crippen LogP contribution in [0.1, 0.15) is 38.2 Å². The molecule has 38 heavy (non-hydrogen) atoms. The van der Waals surface area contributed by atoms with Gasteiger partial charge in [0.25, 0.3) is 11.2 Å². The number of H-pyrrole nitrogens is 1. The van der Waals surface area contributed by atoms with Crippen molar-refractivity contribution in [1.82, 2.24) is 30.1 Å². The third kappa shape index (κ3) is 4.82. The maximum absolute atomic E-state index is 13.4. The molecular formula is C26H30N8O4. The highest BCUT2D eigenvalue weighted by molar-refractivity contribution is 5.80. The molecule has 198 valence electrons. The summed E-state index contributed by atoms with van der Waals surface area (Å²) in [6.45, 7) is 8.67. The number of benzene rings is 2. The van der Waals surface area contributed by atoms with E-state index in [0.29, 0.717) is 43.3 Å². The molecule has 1 fully saturated rings. The highest BCUT2D eigenvalue weighted by atomic mass is 16.6. The number of anilines is 1. The predicted octanol–water partition coefficient (Wildman–Crippen LogP) is 3.10. The topological polar surface area (TPSA) is 135 Å². The fourth-order valence-electron chi connectivity index (χ4n) is 4.90. The fraction of sp³-hybridized carbons (Fsp3) is 0.385. The van der Waals surface area contributed by atoms with Crippen LogP contribution in [-0.2, 0) is 5.54 Å². The van der Waals surface area contributed by atoms with Gasteiger partial charge in [0.15, 0.2) is 5.82 Å². The molecule has 3 heterocycles. The Kier molecular flexibility index (Phi) is 6.57. The summed E-state index contributed by atoms with van der Waals surface area (Å²) in [5.41, 5.74) is 1.65. The Morgan fingerprint density at radius 2 is 1.76 bits per heavy atom. The van der Waals surface area contributed by atoms with E-state index >= 15 is 0 Å². The Morgan fingerprint density at radius 1 is 1.05 bits per heavy atom. The number of ether oxygens (including phenoxy) is 1. The number of aromatic nitrogens is 5. The average molecular weight is 519 g/mol. The molecule has 2 aromatic carbocycles. The first kappa shape index (κ1) is 25.3. The maximum Gasteiger partial charge on any atom is 0.269 e. The molecule has 12 heteroatoms. The van der Waals surface area contributed by atoms with Gasteiger partial charge < -0.3 is 14.6 Å². The van der Waals surface area contributed by atoms with E-state index in [0.717, 1.165) is 16.6 Å². The van der Waals surface area contributed by atoms with Gasteiger partial charge in [-0.3, -0.25) is 19.8 Å². The van der Waals surface area contributed by atoms with Crippen molar-refractivity contribution in [3.8, 4) is 5.75 Å². The molecule has 0 saturated carbocycles. The van der Waals surface area contributed by atoms with Gasteiger partial charge in [-0.1, -0.05) is 0 Å². The first-order valence-corrected chi connectivity index (χ1v) is 12.4. The maximum atomic E-state index is 13.4. The van der Waals surface area contributed by atoms with Crippen LogP contribution in [0.15, 0.2) is 53.3 Å². The van der Waals surface area contributed by atoms with E-state index in [-0.39, 0.29) is 11.2 Å². The largest absolute Gasteiger partial charge is 0.497 e. The van der Waals surface area contributed by atoms with Gasteiger partial charge in [-0.15, -0.1) is 5.10 Å². The average Bonchev–Trinajstić information content (AvgIpc) is 3.40. The minimum Gasteiger partial charge on any atom is -0.497 e. The summed E-state index contributed by atoms with van der Waals surface area (Å²) in [5.74, 6) is 1.29. The molecule has 1 atom stereocenters. The number of methoxy groups -OCH3 is 1. The van der Waals surface area contributed by atoms with Crippen molar-refractivity contribution in [2.24, 2.45) is 0 Å². The van der Waals surface area contributed by atoms with Crippen molar-refractivity contribution in [2.75, 3.05) is 38.2 Å². The smallest absolute Gasteiger partial charge is 0.269 e. The van der Waals surface area contributed by atoms with Gasteiger partial charge in [0.1, 0.15) is 11.8 Å². The number of fused-ring (bicyclic) bond motifs is 1. The minimum atomic E-state index is -0.484. The van der Waals surface area contributed by atoms with Crippen molar-refractivity contribution >= 4 is 22.3 Å². The number of aromatic amines is 1. The van der Waals surface area contributed by atoms with Crippen LogP contribution >= 0.6 is 0 Å². The van der Waals surface area contributed by atoms with Crippen molar-refractivity contribution in [3.63, 3.8) is 0 Å². The van der Waals surface area contributed by atoms with Gasteiger partial charge in [-0.05, 0) is 67.6 Å². The highest BCUT2D eigenvalue weighted by Gasteiger charge is 2.35. The number of tetrazole rings is 1. The second-order valence-corrected chi connectivity index (χ2v) is 10.3. The molecule has 12 nitrogen and oxygen atoms in total. The number of nitrogens with zero attached hydrogens (tertiary/aromatic N) is 7. The summed E-state index contributed by atoms with van der Waals surface area (Å²) in [7, 11) is 1.61. The Labute approximate surface area is 219 Å². The zero-order valence-corrected chi connectivity index (χ0v) is 21.8. The molecule has 1 aliphatic heterocycles. The summed E-state index contributed by atoms with van der Waals surface area (Å²) in [5, 5.41) is 24.5. The van der Waals surface area contributed by atoms with Gasteiger partial charge in [-0.2, -0.15) is 0 Å². The molecule has 2 aromatic heterocycles. The molecule has 0 bridgehead atoms. The van der Waals surface area contributed by atoms with E-state index in [1.54, 1.807) is 23.9 Å². The quantitative estimate of drug-likeness (QED) is 0.302. The van der Waals surface area contributed by atoms with Crippen LogP contribution in [0, 0.1) is 10.1 Å². The lowest BCUT2D eigenvalue weighted by atomic mass is 10.0. The molecular weight excluding hydrogens is 488 g/mol. The Morgan fingerprint density at radius 3 is 2.39 bits per heavy atom. The lowest BCUT2D eigenvalue weighted by Crippen LogP contribution is -2.49. The molecule has 0 aliphatic carbocycles. The van der Waals surface area contributed by atoms with E-state index in [1.807, 2.05) is 45.0 Å². The Balaban J connectivity index is 1.52. The van der Waals surface area contributed by atoms with Crippen LogP contribution in [0.25, 0.3) is 10.9 Å². The summed E-state index contributed by atoms with van der Waals surface area (Å²) >= 11 is 0. The number of nitro groups is 1. The number of pyridine rings is 1. The monoisotopic (exact) mass is 518 g/mol. The number of rotatable bonds is 6. The lowest BCUT2D eigenvalue weighted by Gasteiger charge is -2.40. The zero-order chi connectivity index (χ0) is 27.0. The van der Waals surface area contributed by atoms with Crippen LogP contribution in [0.2, 0.25) is 0 Å². The number of piperazine rings is 1. The van der Waals surface area contributed by atoms with Crippen molar-refractivity contribution in [2.45, 2.75) is 32.4 Å². The summed E-state index contributed by atoms with van der Waals surface area (Å²) in [6.07, 6.45) is 0. The third-order valence-corrected chi connectivity index (χ3v) is 6.85. The van der Waals surface area contributed by atoms with E-state index in [1.165, 1.54) is 12.1 Å². The molecule has 1 N–H and O–H groups in total. The number of nitrogens with one attached hydrogen (secondary N) is 1. The van der Waals surface area contributed by atoms with Crippen molar-refractivity contribution in [3.05, 3.63) is 80.4 Å². The second-order valence-electron chi connectivity index (χ2n) is 10.3. The van der Waals surface area contributed by atoms with Gasteiger partial charge in [-0.25, -0.2) is 4.68 Å². The minimum absolute atomic E-state index is 0.0635. The standard InChI is InChI=1S/C26H30N8O4/c1-26(2,3)33-24(28-29-30-33)23(21-16-17-15-20(38-4)9-10-22(17)27-25(21)35)32-13-11-31(12-14-32)18-5-7-19(8-6-18)34(36)37/h5-10,15-16,23H,11-14H2,1-4H3,(H,27,35)/t23-/m0/s1. The Hall–Kier alpha value is -4.32. The Bertz CT molecular complexity index is 1520. The normalized spacial score (nSPS) is 15.5. The number of nitro benzene ring substituents is 1. The van der Waals surface area contributed by atoms with E-state index < -0.39 is 16.5 Å². The summed E-state index contributed by atoms with van der Waals surface area (Å²) < 4.78 is 7.17. The van der Waals surface area contributed by atoms with Gasteiger partial charge in [0.05, 0.1) is 17.6 Å². The number of hydrogen-bond donors (Lipinski definition) is 1. The molecule has 4 aromatic rings. The fourth-order valence-corrected chi connectivity index (χ4v) is 4.90. The van der Waals surface area contributed by atoms with Crippen molar-refractivity contribution in [1.29, 1.82) is 0 Å². The van der Waals surface area contributed by atoms with Crippen LogP contribution in [0.4, 0.5) is 11.4 Å². The number of hydrogen-bond acceptors (Lipinski definition) is 9. The van der Waals surface area contributed by atoms with Crippen molar-refractivity contribution < 1.29 is 9.66 Å². The molecule has 0 amide bonds. The molecule has 0 radical (unpaired) electrons. The van der Waals surface area contributed by atoms with Crippen LogP contribution in [-0.4, -0.2) is 68.3 Å². The van der Waals surface area contributed by atoms with Crippen LogP contribution < -0.4 is 15.2 Å². The molecule has 1 saturated heterocycles. The van der Waals surface area contributed by atoms with E-state index in [4.69, 9.17) is 4.74 Å². The van der Waals surface area contributed by atoms with Gasteiger partial charge in [0.2, 0.25) is 0 Å². The first-order valence-electron chi connectivity index (χ1n) is 12.4. The predicted molar refractivity (Wildman–Crippen MR) is 143 cm³/mol. The van der Waals surface area contributed by atoms with Crippen LogP contribution in [0.5, 0.6) is 5.75 Å². The number of non-ortho nitro benzene ring substituents is 1. The van der Waals surface area contributed by atoms with E-state index in [2.05, 4.69) is 30.3 Å². The molecule has 1 aliphatic rings. The van der Waals surface area contributed by atoms with Gasteiger partial charge in [0, 0.05) is 60.5 Å². The summed E-state index contributed by atoms with van der Waals surface area (Å²) in [4.78, 5) is 31.5. The zero-order valence-electron chi connectivity index (χ0n) is 21.8. The van der Waals surface area contributed by atoms with Crippen LogP contribution in [0.3, 0.4) is 0 Å². The molecule has 0 unspecified atom stereocenters. The summed E-state index contributed by atoms with van der Waals surface area (Å²) in [6, 6.07) is 13.5.